The molecule has 0 radical (unpaired) electrons. The quantitative estimate of drug-likeness (QED) is 0.584. The first kappa shape index (κ1) is 18.2. The number of hydrogen-bond donors (Lipinski definition) is 0. The van der Waals surface area contributed by atoms with E-state index in [4.69, 9.17) is 0 Å². The Kier molecular flexibility index (Phi) is 5.93. The minimum Gasteiger partial charge on any atom is -0.315 e. The molecule has 0 aliphatic rings. The van der Waals surface area contributed by atoms with Gasteiger partial charge in [-0.25, -0.2) is 0 Å². The van der Waals surface area contributed by atoms with Crippen LogP contribution in [0.1, 0.15) is 16.0 Å². The van der Waals surface area contributed by atoms with Gasteiger partial charge < -0.3 is 4.57 Å². The summed E-state index contributed by atoms with van der Waals surface area (Å²) in [5.74, 6) is 0.776. The van der Waals surface area contributed by atoms with Crippen molar-refractivity contribution in [3.05, 3.63) is 56.5 Å². The zero-order valence-corrected chi connectivity index (χ0v) is 16.9. The minimum atomic E-state index is -0.216. The molecular weight excluding hydrogens is 368 g/mol. The third-order valence-electron chi connectivity index (χ3n) is 3.77. The average Bonchev–Trinajstić information content (AvgIpc) is 3.19. The lowest BCUT2D eigenvalue weighted by atomic mass is 10.1. The van der Waals surface area contributed by atoms with Gasteiger partial charge in [-0.1, -0.05) is 23.5 Å². The van der Waals surface area contributed by atoms with Crippen LogP contribution in [-0.4, -0.2) is 22.5 Å². The Morgan fingerprint density at radius 1 is 1.36 bits per heavy atom. The number of thioether (sulfide) groups is 1. The summed E-state index contributed by atoms with van der Waals surface area (Å²) in [5.41, 5.74) is 3.64. The lowest BCUT2D eigenvalue weighted by molar-refractivity contribution is -0.113. The molecule has 130 valence electrons. The van der Waals surface area contributed by atoms with E-state index in [-0.39, 0.29) is 5.91 Å². The number of carbonyl (C=O) groups excluding carboxylic acids is 1. The zero-order chi connectivity index (χ0) is 17.8. The summed E-state index contributed by atoms with van der Waals surface area (Å²) in [5, 5.41) is 1.99. The fraction of sp³-hybridized carbons (Fsp3) is 0.263. The maximum Gasteiger partial charge on any atom is 0.272 e. The predicted octanol–water partition coefficient (Wildman–Crippen LogP) is 4.88. The Morgan fingerprint density at radius 2 is 2.20 bits per heavy atom. The predicted molar refractivity (Wildman–Crippen MR) is 112 cm³/mol. The van der Waals surface area contributed by atoms with Crippen molar-refractivity contribution >= 4 is 56.6 Å². The van der Waals surface area contributed by atoms with Gasteiger partial charge in [-0.15, -0.1) is 11.3 Å². The molecule has 3 nitrogen and oxygen atoms in total. The van der Waals surface area contributed by atoms with Gasteiger partial charge in [0.15, 0.2) is 4.80 Å². The van der Waals surface area contributed by atoms with Crippen molar-refractivity contribution in [3.63, 3.8) is 0 Å². The van der Waals surface area contributed by atoms with E-state index in [2.05, 4.69) is 41.8 Å². The van der Waals surface area contributed by atoms with Crippen molar-refractivity contribution < 1.29 is 4.79 Å². The highest BCUT2D eigenvalue weighted by atomic mass is 32.2. The van der Waals surface area contributed by atoms with E-state index < -0.39 is 0 Å². The average molecular weight is 389 g/mol. The number of nitrogens with zero attached hydrogens (tertiary/aromatic N) is 2. The van der Waals surface area contributed by atoms with Crippen LogP contribution in [0.4, 0.5) is 0 Å². The van der Waals surface area contributed by atoms with Gasteiger partial charge in [0.2, 0.25) is 0 Å². The van der Waals surface area contributed by atoms with Crippen molar-refractivity contribution in [2.45, 2.75) is 20.4 Å². The normalized spacial score (nSPS) is 12.5. The van der Waals surface area contributed by atoms with Crippen LogP contribution in [0.15, 0.2) is 40.7 Å². The first-order chi connectivity index (χ1) is 12.1. The monoisotopic (exact) mass is 388 g/mol. The minimum absolute atomic E-state index is 0.216. The molecule has 0 saturated heterocycles. The number of benzene rings is 1. The summed E-state index contributed by atoms with van der Waals surface area (Å²) in [4.78, 5) is 18.5. The molecule has 0 spiro atoms. The molecule has 0 atom stereocenters. The van der Waals surface area contributed by atoms with E-state index in [0.717, 1.165) is 22.0 Å². The van der Waals surface area contributed by atoms with Crippen LogP contribution in [0.2, 0.25) is 0 Å². The lowest BCUT2D eigenvalue weighted by Crippen LogP contribution is -2.17. The maximum absolute atomic E-state index is 12.3. The third kappa shape index (κ3) is 4.32. The second-order valence-electron chi connectivity index (χ2n) is 5.76. The Bertz CT molecular complexity index is 978. The number of amides is 1. The molecule has 0 aliphatic heterocycles. The van der Waals surface area contributed by atoms with E-state index in [1.54, 1.807) is 40.5 Å². The van der Waals surface area contributed by atoms with Crippen LogP contribution in [0.5, 0.6) is 0 Å². The summed E-state index contributed by atoms with van der Waals surface area (Å²) in [6.45, 7) is 5.08. The number of fused-ring (bicyclic) bond motifs is 1. The SMILES string of the molecule is CSCCn1c(=NC(=O)C=Cc2cccs2)sc2c(C)cc(C)cc21. The van der Waals surface area contributed by atoms with Crippen LogP contribution < -0.4 is 4.80 Å². The molecule has 0 saturated carbocycles. The highest BCUT2D eigenvalue weighted by molar-refractivity contribution is 7.98. The molecule has 0 fully saturated rings. The molecule has 0 N–H and O–H groups in total. The number of aromatic nitrogens is 1. The van der Waals surface area contributed by atoms with Gasteiger partial charge in [-0.2, -0.15) is 16.8 Å². The van der Waals surface area contributed by atoms with Gasteiger partial charge in [-0.05, 0) is 54.8 Å². The molecule has 1 aromatic carbocycles. The Morgan fingerprint density at radius 3 is 2.92 bits per heavy atom. The first-order valence-electron chi connectivity index (χ1n) is 7.98. The molecule has 3 aromatic rings. The summed E-state index contributed by atoms with van der Waals surface area (Å²) in [6, 6.07) is 8.32. The fourth-order valence-corrected chi connectivity index (χ4v) is 4.76. The van der Waals surface area contributed by atoms with Crippen LogP contribution in [-0.2, 0) is 11.3 Å². The summed E-state index contributed by atoms with van der Waals surface area (Å²) < 4.78 is 3.38. The van der Waals surface area contributed by atoms with E-state index in [9.17, 15) is 4.79 Å². The number of aryl methyl sites for hydroxylation is 3. The Labute approximate surface area is 159 Å². The van der Waals surface area contributed by atoms with E-state index in [0.29, 0.717) is 0 Å². The van der Waals surface area contributed by atoms with Crippen LogP contribution in [0.25, 0.3) is 16.3 Å². The largest absolute Gasteiger partial charge is 0.315 e. The molecule has 2 aromatic heterocycles. The lowest BCUT2D eigenvalue weighted by Gasteiger charge is -2.05. The van der Waals surface area contributed by atoms with Gasteiger partial charge in [0.05, 0.1) is 10.2 Å². The summed E-state index contributed by atoms with van der Waals surface area (Å²) in [6.07, 6.45) is 5.47. The molecule has 25 heavy (non-hydrogen) atoms. The van der Waals surface area contributed by atoms with E-state index >= 15 is 0 Å². The molecule has 0 unspecified atom stereocenters. The third-order valence-corrected chi connectivity index (χ3v) is 6.43. The molecule has 0 aliphatic carbocycles. The van der Waals surface area contributed by atoms with E-state index in [1.807, 2.05) is 23.6 Å². The Hall–Kier alpha value is -1.63. The van der Waals surface area contributed by atoms with Gasteiger partial charge in [0, 0.05) is 23.3 Å². The number of thiophene rings is 1. The highest BCUT2D eigenvalue weighted by Crippen LogP contribution is 2.23. The smallest absolute Gasteiger partial charge is 0.272 e. The first-order valence-corrected chi connectivity index (χ1v) is 11.1. The van der Waals surface area contributed by atoms with E-state index in [1.165, 1.54) is 21.3 Å². The van der Waals surface area contributed by atoms with Gasteiger partial charge in [-0.3, -0.25) is 4.79 Å². The van der Waals surface area contributed by atoms with Crippen LogP contribution in [0.3, 0.4) is 0 Å². The van der Waals surface area contributed by atoms with Crippen LogP contribution >= 0.6 is 34.4 Å². The highest BCUT2D eigenvalue weighted by Gasteiger charge is 2.10. The van der Waals surface area contributed by atoms with Gasteiger partial charge >= 0.3 is 0 Å². The van der Waals surface area contributed by atoms with Crippen molar-refractivity contribution in [3.8, 4) is 0 Å². The summed E-state index contributed by atoms with van der Waals surface area (Å²) in [7, 11) is 0. The van der Waals surface area contributed by atoms with Gasteiger partial charge in [0.25, 0.3) is 5.91 Å². The zero-order valence-electron chi connectivity index (χ0n) is 14.5. The second-order valence-corrected chi connectivity index (χ2v) is 8.70. The molecule has 1 amide bonds. The number of thiazole rings is 1. The molecule has 2 heterocycles. The number of carbonyl (C=O) groups is 1. The summed E-state index contributed by atoms with van der Waals surface area (Å²) >= 11 is 5.00. The fourth-order valence-electron chi connectivity index (χ4n) is 2.67. The molecule has 6 heteroatoms. The van der Waals surface area contributed by atoms with Crippen molar-refractivity contribution in [2.24, 2.45) is 4.99 Å². The van der Waals surface area contributed by atoms with Crippen LogP contribution in [0, 0.1) is 13.8 Å². The Balaban J connectivity index is 2.04. The molecular formula is C19H20N2OS3. The van der Waals surface area contributed by atoms with Crippen molar-refractivity contribution in [1.29, 1.82) is 0 Å². The topological polar surface area (TPSA) is 34.4 Å². The standard InChI is InChI=1S/C19H20N2OS3/c1-13-11-14(2)18-16(12-13)21(8-10-23-3)19(25-18)20-17(22)7-6-15-5-4-9-24-15/h4-7,9,11-12H,8,10H2,1-3H3. The number of hydrogen-bond acceptors (Lipinski definition) is 4. The number of rotatable bonds is 5. The van der Waals surface area contributed by atoms with Gasteiger partial charge in [0.1, 0.15) is 0 Å². The van der Waals surface area contributed by atoms with Crippen molar-refractivity contribution in [1.82, 2.24) is 4.57 Å². The maximum atomic E-state index is 12.3. The van der Waals surface area contributed by atoms with Crippen molar-refractivity contribution in [2.75, 3.05) is 12.0 Å². The molecule has 3 rings (SSSR count). The molecule has 0 bridgehead atoms. The second kappa shape index (κ2) is 8.17.